The molecular formula is C13H14. The molecule has 1 rings (SSSR count). The molecule has 0 bridgehead atoms. The lowest BCUT2D eigenvalue weighted by molar-refractivity contribution is 0.867. The van der Waals surface area contributed by atoms with Crippen LogP contribution in [-0.4, -0.2) is 0 Å². The Bertz CT molecular complexity index is 320. The van der Waals surface area contributed by atoms with E-state index >= 15 is 0 Å². The van der Waals surface area contributed by atoms with Crippen LogP contribution in [0.5, 0.6) is 0 Å². The maximum atomic E-state index is 3.08. The molecule has 0 aliphatic rings. The molecule has 0 spiro atoms. The molecule has 0 amide bonds. The normalized spacial score (nSPS) is 10.1. The molecule has 0 nitrogen and oxygen atoms in total. The summed E-state index contributed by atoms with van der Waals surface area (Å²) in [4.78, 5) is 0. The summed E-state index contributed by atoms with van der Waals surface area (Å²) in [7, 11) is 0. The lowest BCUT2D eigenvalue weighted by Gasteiger charge is -1.88. The number of hydrogen-bond acceptors (Lipinski definition) is 0. The molecule has 0 radical (unpaired) electrons. The fraction of sp³-hybridized carbons (Fsp3) is 0.231. The van der Waals surface area contributed by atoms with E-state index < -0.39 is 0 Å². The third-order valence-electron chi connectivity index (χ3n) is 1.53. The minimum atomic E-state index is 0.445. The summed E-state index contributed by atoms with van der Waals surface area (Å²) in [6.45, 7) is 4.17. The molecule has 0 aliphatic carbocycles. The van der Waals surface area contributed by atoms with E-state index in [1.54, 1.807) is 0 Å². The van der Waals surface area contributed by atoms with Gasteiger partial charge in [0, 0.05) is 5.92 Å². The van der Waals surface area contributed by atoms with E-state index in [0.29, 0.717) is 5.92 Å². The van der Waals surface area contributed by atoms with Crippen LogP contribution in [0.4, 0.5) is 0 Å². The maximum Gasteiger partial charge on any atom is 0.0149 e. The number of allylic oxidation sites excluding steroid dienone is 1. The Morgan fingerprint density at radius 3 is 2.46 bits per heavy atom. The van der Waals surface area contributed by atoms with Crippen molar-refractivity contribution < 1.29 is 0 Å². The molecule has 0 aromatic heterocycles. The Morgan fingerprint density at radius 2 is 1.85 bits per heavy atom. The Kier molecular flexibility index (Phi) is 3.85. The second-order valence-electron chi connectivity index (χ2n) is 3.19. The molecule has 0 unspecified atom stereocenters. The topological polar surface area (TPSA) is 0 Å². The van der Waals surface area contributed by atoms with E-state index in [1.807, 2.05) is 30.4 Å². The first-order chi connectivity index (χ1) is 6.29. The summed E-state index contributed by atoms with van der Waals surface area (Å²) in [6.07, 6.45) is 3.92. The van der Waals surface area contributed by atoms with E-state index in [1.165, 1.54) is 5.56 Å². The van der Waals surface area contributed by atoms with Gasteiger partial charge in [-0.1, -0.05) is 56.0 Å². The van der Waals surface area contributed by atoms with E-state index in [9.17, 15) is 0 Å². The quantitative estimate of drug-likeness (QED) is 0.567. The molecule has 0 heteroatoms. The number of hydrogen-bond donors (Lipinski definition) is 0. The lowest BCUT2D eigenvalue weighted by Crippen LogP contribution is -1.75. The van der Waals surface area contributed by atoms with Crippen LogP contribution in [0.2, 0.25) is 0 Å². The third-order valence-corrected chi connectivity index (χ3v) is 1.53. The molecule has 0 heterocycles. The monoisotopic (exact) mass is 170 g/mol. The van der Waals surface area contributed by atoms with Crippen molar-refractivity contribution in [1.29, 1.82) is 0 Å². The van der Waals surface area contributed by atoms with Gasteiger partial charge in [0.15, 0.2) is 0 Å². The van der Waals surface area contributed by atoms with E-state index in [4.69, 9.17) is 0 Å². The molecule has 0 saturated carbocycles. The lowest BCUT2D eigenvalue weighted by atomic mass is 10.2. The van der Waals surface area contributed by atoms with Crippen LogP contribution in [0.3, 0.4) is 0 Å². The summed E-state index contributed by atoms with van der Waals surface area (Å²) in [6, 6.07) is 10.2. The van der Waals surface area contributed by atoms with Gasteiger partial charge in [-0.05, 0) is 17.7 Å². The van der Waals surface area contributed by atoms with Crippen molar-refractivity contribution in [2.24, 2.45) is 5.92 Å². The average molecular weight is 170 g/mol. The first-order valence-electron chi connectivity index (χ1n) is 4.51. The van der Waals surface area contributed by atoms with E-state index in [-0.39, 0.29) is 0 Å². The first-order valence-corrected chi connectivity index (χ1v) is 4.51. The van der Waals surface area contributed by atoms with Crippen molar-refractivity contribution in [3.05, 3.63) is 42.0 Å². The minimum absolute atomic E-state index is 0.445. The molecule has 1 aromatic rings. The molecular weight excluding hydrogens is 156 g/mol. The van der Waals surface area contributed by atoms with Crippen LogP contribution in [0.15, 0.2) is 36.4 Å². The zero-order valence-electron chi connectivity index (χ0n) is 8.12. The average Bonchev–Trinajstić information content (AvgIpc) is 2.14. The van der Waals surface area contributed by atoms with Crippen molar-refractivity contribution >= 4 is 6.08 Å². The highest BCUT2D eigenvalue weighted by Gasteiger charge is 1.80. The predicted molar refractivity (Wildman–Crippen MR) is 58.1 cm³/mol. The van der Waals surface area contributed by atoms with Gasteiger partial charge in [0.25, 0.3) is 0 Å². The van der Waals surface area contributed by atoms with Crippen LogP contribution in [0, 0.1) is 17.8 Å². The van der Waals surface area contributed by atoms with E-state index in [2.05, 4.69) is 37.8 Å². The summed E-state index contributed by atoms with van der Waals surface area (Å²) < 4.78 is 0. The fourth-order valence-corrected chi connectivity index (χ4v) is 0.917. The molecule has 13 heavy (non-hydrogen) atoms. The van der Waals surface area contributed by atoms with Gasteiger partial charge in [-0.25, -0.2) is 0 Å². The van der Waals surface area contributed by atoms with Gasteiger partial charge in [0.2, 0.25) is 0 Å². The van der Waals surface area contributed by atoms with Crippen LogP contribution in [0.25, 0.3) is 6.08 Å². The Labute approximate surface area is 80.3 Å². The zero-order chi connectivity index (χ0) is 9.52. The highest BCUT2D eigenvalue weighted by molar-refractivity contribution is 5.52. The molecule has 0 N–H and O–H groups in total. The Hall–Kier alpha value is -1.48. The van der Waals surface area contributed by atoms with Crippen LogP contribution in [0.1, 0.15) is 19.4 Å². The second kappa shape index (κ2) is 5.22. The largest absolute Gasteiger partial charge is 0.0957 e. The highest BCUT2D eigenvalue weighted by Crippen LogP contribution is 1.99. The smallest absolute Gasteiger partial charge is 0.0149 e. The summed E-state index contributed by atoms with van der Waals surface area (Å²) in [5, 5.41) is 0. The van der Waals surface area contributed by atoms with Crippen molar-refractivity contribution in [3.8, 4) is 11.8 Å². The van der Waals surface area contributed by atoms with Gasteiger partial charge in [0.1, 0.15) is 0 Å². The summed E-state index contributed by atoms with van der Waals surface area (Å²) >= 11 is 0. The van der Waals surface area contributed by atoms with Crippen LogP contribution < -0.4 is 0 Å². The van der Waals surface area contributed by atoms with Gasteiger partial charge in [0.05, 0.1) is 0 Å². The molecule has 0 saturated heterocycles. The standard InChI is InChI=1S/C13H14/c1-12(2)8-6-7-11-13-9-4-3-5-10-13/h3-5,7,9-12H,1-2H3/b11-7-. The summed E-state index contributed by atoms with van der Waals surface area (Å²) in [5.41, 5.74) is 1.19. The second-order valence-corrected chi connectivity index (χ2v) is 3.19. The third kappa shape index (κ3) is 4.18. The van der Waals surface area contributed by atoms with Gasteiger partial charge in [-0.2, -0.15) is 0 Å². The van der Waals surface area contributed by atoms with Crippen molar-refractivity contribution in [2.45, 2.75) is 13.8 Å². The van der Waals surface area contributed by atoms with Gasteiger partial charge in [-0.3, -0.25) is 0 Å². The molecule has 66 valence electrons. The van der Waals surface area contributed by atoms with Gasteiger partial charge in [-0.15, -0.1) is 0 Å². The van der Waals surface area contributed by atoms with E-state index in [0.717, 1.165) is 0 Å². The maximum absolute atomic E-state index is 3.08. The highest BCUT2D eigenvalue weighted by atomic mass is 13.9. The van der Waals surface area contributed by atoms with Crippen LogP contribution >= 0.6 is 0 Å². The SMILES string of the molecule is CC(C)C#C/C=C\c1ccccc1. The Morgan fingerprint density at radius 1 is 1.15 bits per heavy atom. The minimum Gasteiger partial charge on any atom is -0.0957 e. The molecule has 0 fully saturated rings. The van der Waals surface area contributed by atoms with Crippen molar-refractivity contribution in [3.63, 3.8) is 0 Å². The molecule has 0 atom stereocenters. The zero-order valence-corrected chi connectivity index (χ0v) is 8.12. The van der Waals surface area contributed by atoms with Gasteiger partial charge < -0.3 is 0 Å². The van der Waals surface area contributed by atoms with Crippen molar-refractivity contribution in [1.82, 2.24) is 0 Å². The van der Waals surface area contributed by atoms with Gasteiger partial charge >= 0.3 is 0 Å². The van der Waals surface area contributed by atoms with Crippen LogP contribution in [-0.2, 0) is 0 Å². The first kappa shape index (κ1) is 9.61. The van der Waals surface area contributed by atoms with Crippen molar-refractivity contribution in [2.75, 3.05) is 0 Å². The summed E-state index contributed by atoms with van der Waals surface area (Å²) in [5.74, 6) is 6.53. The Balaban J connectivity index is 2.57. The predicted octanol–water partition coefficient (Wildman–Crippen LogP) is 3.36. The fourth-order valence-electron chi connectivity index (χ4n) is 0.917. The molecule has 1 aromatic carbocycles. The molecule has 0 aliphatic heterocycles. The number of benzene rings is 1. The number of rotatable bonds is 1.